The predicted octanol–water partition coefficient (Wildman–Crippen LogP) is 4.79. The number of carbonyl (C=O) groups excluding carboxylic acids is 2. The molecule has 4 nitrogen and oxygen atoms in total. The van der Waals surface area contributed by atoms with Gasteiger partial charge in [0.25, 0.3) is 5.91 Å². The number of esters is 1. The van der Waals surface area contributed by atoms with E-state index in [1.807, 2.05) is 12.1 Å². The van der Waals surface area contributed by atoms with Crippen LogP contribution in [-0.2, 0) is 9.53 Å². The lowest BCUT2D eigenvalue weighted by Gasteiger charge is -2.14. The summed E-state index contributed by atoms with van der Waals surface area (Å²) in [6.07, 6.45) is -1.08. The standard InChI is InChI=1S/C19H19ClFNO3/c1-11(2)13-4-7-15(8-5-13)22-18(23)12(3)25-19(24)16-9-6-14(20)10-17(16)21/h4-12H,1-3H3,(H,22,23)/t12-/m1/s1. The van der Waals surface area contributed by atoms with Crippen LogP contribution in [0.3, 0.4) is 0 Å². The van der Waals surface area contributed by atoms with E-state index in [0.29, 0.717) is 11.6 Å². The van der Waals surface area contributed by atoms with Gasteiger partial charge in [0.15, 0.2) is 6.10 Å². The fourth-order valence-electron chi connectivity index (χ4n) is 2.13. The number of carbonyl (C=O) groups is 2. The molecule has 0 aliphatic heterocycles. The van der Waals surface area contributed by atoms with E-state index in [0.717, 1.165) is 11.6 Å². The summed E-state index contributed by atoms with van der Waals surface area (Å²) in [7, 11) is 0. The van der Waals surface area contributed by atoms with E-state index < -0.39 is 23.8 Å². The highest BCUT2D eigenvalue weighted by atomic mass is 35.5. The number of halogens is 2. The van der Waals surface area contributed by atoms with Crippen molar-refractivity contribution in [2.75, 3.05) is 5.32 Å². The Bertz CT molecular complexity index is 775. The minimum atomic E-state index is -1.08. The molecule has 0 saturated carbocycles. The normalized spacial score (nSPS) is 11.9. The predicted molar refractivity (Wildman–Crippen MR) is 95.4 cm³/mol. The number of benzene rings is 2. The molecule has 1 N–H and O–H groups in total. The van der Waals surface area contributed by atoms with E-state index >= 15 is 0 Å². The van der Waals surface area contributed by atoms with Crippen LogP contribution in [0.2, 0.25) is 5.02 Å². The van der Waals surface area contributed by atoms with E-state index in [-0.39, 0.29) is 10.6 Å². The second-order valence-corrected chi connectivity index (χ2v) is 6.37. The van der Waals surface area contributed by atoms with Gasteiger partial charge in [0.05, 0.1) is 5.56 Å². The minimum Gasteiger partial charge on any atom is -0.449 e. The van der Waals surface area contributed by atoms with Crippen molar-refractivity contribution < 1.29 is 18.7 Å². The molecule has 0 bridgehead atoms. The smallest absolute Gasteiger partial charge is 0.341 e. The molecule has 0 saturated heterocycles. The minimum absolute atomic E-state index is 0.171. The van der Waals surface area contributed by atoms with Gasteiger partial charge in [-0.2, -0.15) is 0 Å². The van der Waals surface area contributed by atoms with Crippen molar-refractivity contribution in [3.05, 3.63) is 64.4 Å². The first-order valence-electron chi connectivity index (χ1n) is 7.84. The molecule has 0 radical (unpaired) electrons. The maximum Gasteiger partial charge on any atom is 0.341 e. The molecule has 0 fully saturated rings. The fraction of sp³-hybridized carbons (Fsp3) is 0.263. The Hall–Kier alpha value is -2.40. The molecule has 25 heavy (non-hydrogen) atoms. The second kappa shape index (κ2) is 8.12. The first kappa shape index (κ1) is 18.9. The molecule has 2 rings (SSSR count). The van der Waals surface area contributed by atoms with Gasteiger partial charge in [-0.05, 0) is 48.7 Å². The molecule has 0 aliphatic rings. The molecule has 0 spiro atoms. The Balaban J connectivity index is 1.98. The highest BCUT2D eigenvalue weighted by molar-refractivity contribution is 6.30. The summed E-state index contributed by atoms with van der Waals surface area (Å²) >= 11 is 5.64. The van der Waals surface area contributed by atoms with Crippen LogP contribution >= 0.6 is 11.6 Å². The summed E-state index contributed by atoms with van der Waals surface area (Å²) < 4.78 is 18.7. The molecule has 6 heteroatoms. The van der Waals surface area contributed by atoms with Crippen LogP contribution in [0.25, 0.3) is 0 Å². The van der Waals surface area contributed by atoms with Crippen LogP contribution in [0, 0.1) is 5.82 Å². The van der Waals surface area contributed by atoms with Gasteiger partial charge in [0.1, 0.15) is 5.82 Å². The van der Waals surface area contributed by atoms with Gasteiger partial charge in [-0.25, -0.2) is 9.18 Å². The van der Waals surface area contributed by atoms with Crippen molar-refractivity contribution >= 4 is 29.2 Å². The van der Waals surface area contributed by atoms with Crippen molar-refractivity contribution in [3.63, 3.8) is 0 Å². The van der Waals surface area contributed by atoms with Crippen molar-refractivity contribution in [3.8, 4) is 0 Å². The zero-order valence-corrected chi connectivity index (χ0v) is 14.9. The fourth-order valence-corrected chi connectivity index (χ4v) is 2.29. The average Bonchev–Trinajstić information content (AvgIpc) is 2.55. The largest absolute Gasteiger partial charge is 0.449 e. The van der Waals surface area contributed by atoms with E-state index in [4.69, 9.17) is 16.3 Å². The molecule has 1 atom stereocenters. The van der Waals surface area contributed by atoms with Gasteiger partial charge >= 0.3 is 5.97 Å². The Labute approximate surface area is 150 Å². The number of anilines is 1. The summed E-state index contributed by atoms with van der Waals surface area (Å²) in [4.78, 5) is 24.1. The molecule has 0 heterocycles. The number of rotatable bonds is 5. The second-order valence-electron chi connectivity index (χ2n) is 5.94. The first-order chi connectivity index (χ1) is 11.8. The maximum absolute atomic E-state index is 13.7. The quantitative estimate of drug-likeness (QED) is 0.777. The molecule has 0 aliphatic carbocycles. The molecule has 0 unspecified atom stereocenters. The van der Waals surface area contributed by atoms with E-state index in [1.165, 1.54) is 19.1 Å². The number of nitrogens with one attached hydrogen (secondary N) is 1. The van der Waals surface area contributed by atoms with Crippen LogP contribution in [-0.4, -0.2) is 18.0 Å². The number of amides is 1. The summed E-state index contributed by atoms with van der Waals surface area (Å²) in [5.74, 6) is -1.83. The Morgan fingerprint density at radius 3 is 2.28 bits per heavy atom. The Morgan fingerprint density at radius 2 is 1.72 bits per heavy atom. The van der Waals surface area contributed by atoms with Crippen LogP contribution in [0.5, 0.6) is 0 Å². The summed E-state index contributed by atoms with van der Waals surface area (Å²) in [5.41, 5.74) is 1.47. The lowest BCUT2D eigenvalue weighted by atomic mass is 10.0. The molecular formula is C19H19ClFNO3. The zero-order valence-electron chi connectivity index (χ0n) is 14.2. The zero-order chi connectivity index (χ0) is 18.6. The Morgan fingerprint density at radius 1 is 1.08 bits per heavy atom. The summed E-state index contributed by atoms with van der Waals surface area (Å²) in [6, 6.07) is 11.0. The van der Waals surface area contributed by atoms with Crippen molar-refractivity contribution in [1.82, 2.24) is 0 Å². The summed E-state index contributed by atoms with van der Waals surface area (Å²) in [5, 5.41) is 2.83. The highest BCUT2D eigenvalue weighted by Gasteiger charge is 2.21. The molecule has 2 aromatic rings. The first-order valence-corrected chi connectivity index (χ1v) is 8.22. The third-order valence-electron chi connectivity index (χ3n) is 3.65. The van der Waals surface area contributed by atoms with Gasteiger partial charge in [-0.1, -0.05) is 37.6 Å². The lowest BCUT2D eigenvalue weighted by Crippen LogP contribution is -2.30. The van der Waals surface area contributed by atoms with E-state index in [1.54, 1.807) is 12.1 Å². The molecule has 132 valence electrons. The van der Waals surface area contributed by atoms with Gasteiger partial charge in [0, 0.05) is 10.7 Å². The third-order valence-corrected chi connectivity index (χ3v) is 3.88. The van der Waals surface area contributed by atoms with Crippen LogP contribution < -0.4 is 5.32 Å². The number of hydrogen-bond donors (Lipinski definition) is 1. The van der Waals surface area contributed by atoms with Crippen molar-refractivity contribution in [1.29, 1.82) is 0 Å². The monoisotopic (exact) mass is 363 g/mol. The topological polar surface area (TPSA) is 55.4 Å². The van der Waals surface area contributed by atoms with E-state index in [9.17, 15) is 14.0 Å². The van der Waals surface area contributed by atoms with Gasteiger partial charge in [-0.3, -0.25) is 4.79 Å². The lowest BCUT2D eigenvalue weighted by molar-refractivity contribution is -0.123. The number of hydrogen-bond acceptors (Lipinski definition) is 3. The van der Waals surface area contributed by atoms with Crippen LogP contribution in [0.15, 0.2) is 42.5 Å². The SMILES string of the molecule is CC(C)c1ccc(NC(=O)[C@@H](C)OC(=O)c2ccc(Cl)cc2F)cc1. The summed E-state index contributed by atoms with van der Waals surface area (Å²) in [6.45, 7) is 5.57. The average molecular weight is 364 g/mol. The van der Waals surface area contributed by atoms with Crippen molar-refractivity contribution in [2.24, 2.45) is 0 Å². The third kappa shape index (κ3) is 5.03. The Kier molecular flexibility index (Phi) is 6.15. The molecule has 1 amide bonds. The van der Waals surface area contributed by atoms with Crippen LogP contribution in [0.1, 0.15) is 42.6 Å². The van der Waals surface area contributed by atoms with Gasteiger partial charge in [0.2, 0.25) is 0 Å². The van der Waals surface area contributed by atoms with Crippen LogP contribution in [0.4, 0.5) is 10.1 Å². The van der Waals surface area contributed by atoms with Gasteiger partial charge < -0.3 is 10.1 Å². The molecule has 0 aromatic heterocycles. The van der Waals surface area contributed by atoms with Crippen molar-refractivity contribution in [2.45, 2.75) is 32.8 Å². The maximum atomic E-state index is 13.7. The number of ether oxygens (including phenoxy) is 1. The van der Waals surface area contributed by atoms with Gasteiger partial charge in [-0.15, -0.1) is 0 Å². The molecular weight excluding hydrogens is 345 g/mol. The van der Waals surface area contributed by atoms with E-state index in [2.05, 4.69) is 19.2 Å². The molecule has 2 aromatic carbocycles. The highest BCUT2D eigenvalue weighted by Crippen LogP contribution is 2.18.